The van der Waals surface area contributed by atoms with E-state index in [0.717, 1.165) is 5.56 Å². The lowest BCUT2D eigenvalue weighted by Crippen LogP contribution is -2.49. The van der Waals surface area contributed by atoms with Crippen molar-refractivity contribution in [2.24, 2.45) is 5.41 Å². The van der Waals surface area contributed by atoms with Gasteiger partial charge in [0.1, 0.15) is 5.75 Å². The third kappa shape index (κ3) is 3.08. The Hall–Kier alpha value is -1.88. The summed E-state index contributed by atoms with van der Waals surface area (Å²) in [5.74, 6) is 0.0123. The average Bonchev–Trinajstić information content (AvgIpc) is 2.50. The number of benzene rings is 1. The first-order chi connectivity index (χ1) is 10.1. The molecule has 1 saturated heterocycles. The molecule has 5 heteroatoms. The van der Waals surface area contributed by atoms with Crippen LogP contribution in [0.25, 0.3) is 0 Å². The Morgan fingerprint density at radius 1 is 1.38 bits per heavy atom. The highest BCUT2D eigenvalue weighted by Gasteiger charge is 2.49. The minimum absolute atomic E-state index is 0.0582. The summed E-state index contributed by atoms with van der Waals surface area (Å²) in [4.78, 5) is 24.8. The summed E-state index contributed by atoms with van der Waals surface area (Å²) in [5, 5.41) is 0. The quantitative estimate of drug-likeness (QED) is 0.611. The van der Waals surface area contributed by atoms with Crippen molar-refractivity contribution in [3.05, 3.63) is 29.8 Å². The van der Waals surface area contributed by atoms with E-state index < -0.39 is 11.4 Å². The molecule has 114 valence electrons. The second-order valence-electron chi connectivity index (χ2n) is 5.02. The number of hydrogen-bond acceptors (Lipinski definition) is 5. The number of Topliss-reactive ketones (excluding diaryl/α,β-unsaturated/α-hetero) is 1. The van der Waals surface area contributed by atoms with Crippen molar-refractivity contribution in [2.45, 2.75) is 19.8 Å². The van der Waals surface area contributed by atoms with Crippen molar-refractivity contribution in [2.75, 3.05) is 26.9 Å². The van der Waals surface area contributed by atoms with Crippen LogP contribution < -0.4 is 4.74 Å². The second kappa shape index (κ2) is 6.72. The van der Waals surface area contributed by atoms with E-state index in [1.165, 1.54) is 0 Å². The Morgan fingerprint density at radius 3 is 2.81 bits per heavy atom. The highest BCUT2D eigenvalue weighted by Crippen LogP contribution is 2.34. The summed E-state index contributed by atoms with van der Waals surface area (Å²) in [6.07, 6.45) is 0.461. The Morgan fingerprint density at radius 2 is 2.14 bits per heavy atom. The predicted molar refractivity (Wildman–Crippen MR) is 76.2 cm³/mol. The van der Waals surface area contributed by atoms with Crippen LogP contribution in [-0.4, -0.2) is 38.7 Å². The van der Waals surface area contributed by atoms with Crippen molar-refractivity contribution < 1.29 is 23.8 Å². The number of rotatable bonds is 5. The van der Waals surface area contributed by atoms with Gasteiger partial charge in [-0.3, -0.25) is 9.59 Å². The molecule has 21 heavy (non-hydrogen) atoms. The predicted octanol–water partition coefficient (Wildman–Crippen LogP) is 1.78. The fraction of sp³-hybridized carbons (Fsp3) is 0.500. The molecule has 0 aliphatic carbocycles. The van der Waals surface area contributed by atoms with Gasteiger partial charge in [0, 0.05) is 12.8 Å². The SMILES string of the molecule is CCOC(=O)C1(Cc2ccccc2OC)COCCC1=O. The van der Waals surface area contributed by atoms with E-state index in [1.807, 2.05) is 24.3 Å². The first-order valence-corrected chi connectivity index (χ1v) is 7.04. The molecule has 0 N–H and O–H groups in total. The molecule has 1 unspecified atom stereocenters. The molecule has 2 rings (SSSR count). The molecule has 1 fully saturated rings. The summed E-state index contributed by atoms with van der Waals surface area (Å²) < 4.78 is 15.8. The summed E-state index contributed by atoms with van der Waals surface area (Å²) in [5.41, 5.74) is -0.463. The number of methoxy groups -OCH3 is 1. The fourth-order valence-corrected chi connectivity index (χ4v) is 2.57. The molecule has 0 saturated carbocycles. The minimum atomic E-state index is -1.26. The third-order valence-corrected chi connectivity index (χ3v) is 3.71. The maximum absolute atomic E-state index is 12.4. The lowest BCUT2D eigenvalue weighted by atomic mass is 9.76. The van der Waals surface area contributed by atoms with Crippen LogP contribution in [0.4, 0.5) is 0 Å². The topological polar surface area (TPSA) is 61.8 Å². The number of ketones is 1. The van der Waals surface area contributed by atoms with Gasteiger partial charge in [0.05, 0.1) is 26.9 Å². The molecule has 1 aromatic rings. The molecule has 0 amide bonds. The number of esters is 1. The minimum Gasteiger partial charge on any atom is -0.496 e. The third-order valence-electron chi connectivity index (χ3n) is 3.71. The van der Waals surface area contributed by atoms with E-state index in [9.17, 15) is 9.59 Å². The molecule has 1 atom stereocenters. The van der Waals surface area contributed by atoms with Crippen LogP contribution in [0, 0.1) is 5.41 Å². The van der Waals surface area contributed by atoms with E-state index in [-0.39, 0.29) is 31.8 Å². The van der Waals surface area contributed by atoms with Crippen LogP contribution in [0.3, 0.4) is 0 Å². The van der Waals surface area contributed by atoms with Crippen LogP contribution >= 0.6 is 0 Å². The van der Waals surface area contributed by atoms with Crippen molar-refractivity contribution in [1.82, 2.24) is 0 Å². The molecule has 1 aromatic carbocycles. The van der Waals surface area contributed by atoms with Gasteiger partial charge in [-0.25, -0.2) is 0 Å². The molecule has 0 radical (unpaired) electrons. The smallest absolute Gasteiger partial charge is 0.322 e. The van der Waals surface area contributed by atoms with Crippen LogP contribution in [0.2, 0.25) is 0 Å². The Kier molecular flexibility index (Phi) is 4.96. The summed E-state index contributed by atoms with van der Waals surface area (Å²) in [7, 11) is 1.56. The Labute approximate surface area is 124 Å². The van der Waals surface area contributed by atoms with Gasteiger partial charge in [-0.1, -0.05) is 18.2 Å². The van der Waals surface area contributed by atoms with E-state index in [0.29, 0.717) is 12.4 Å². The molecule has 5 nitrogen and oxygen atoms in total. The lowest BCUT2D eigenvalue weighted by molar-refractivity contribution is -0.169. The van der Waals surface area contributed by atoms with E-state index >= 15 is 0 Å². The average molecular weight is 292 g/mol. The zero-order chi connectivity index (χ0) is 15.3. The van der Waals surface area contributed by atoms with Crippen molar-refractivity contribution >= 4 is 11.8 Å². The number of carbonyl (C=O) groups excluding carboxylic acids is 2. The van der Waals surface area contributed by atoms with E-state index in [2.05, 4.69) is 0 Å². The summed E-state index contributed by atoms with van der Waals surface area (Å²) >= 11 is 0. The van der Waals surface area contributed by atoms with Crippen molar-refractivity contribution in [3.63, 3.8) is 0 Å². The zero-order valence-corrected chi connectivity index (χ0v) is 12.4. The summed E-state index contributed by atoms with van der Waals surface area (Å²) in [6.45, 7) is 2.37. The van der Waals surface area contributed by atoms with Gasteiger partial charge in [-0.15, -0.1) is 0 Å². The van der Waals surface area contributed by atoms with Gasteiger partial charge >= 0.3 is 5.97 Å². The highest BCUT2D eigenvalue weighted by molar-refractivity contribution is 6.04. The van der Waals surface area contributed by atoms with Crippen molar-refractivity contribution in [1.29, 1.82) is 0 Å². The van der Waals surface area contributed by atoms with Gasteiger partial charge in [0.2, 0.25) is 0 Å². The largest absolute Gasteiger partial charge is 0.496 e. The molecule has 1 heterocycles. The van der Waals surface area contributed by atoms with Gasteiger partial charge in [0.15, 0.2) is 11.2 Å². The highest BCUT2D eigenvalue weighted by atomic mass is 16.5. The van der Waals surface area contributed by atoms with Crippen molar-refractivity contribution in [3.8, 4) is 5.75 Å². The van der Waals surface area contributed by atoms with Gasteiger partial charge in [0.25, 0.3) is 0 Å². The van der Waals surface area contributed by atoms with Crippen LogP contribution in [0.5, 0.6) is 5.75 Å². The molecular weight excluding hydrogens is 272 g/mol. The monoisotopic (exact) mass is 292 g/mol. The van der Waals surface area contributed by atoms with Crippen LogP contribution in [0.1, 0.15) is 18.9 Å². The molecule has 0 bridgehead atoms. The van der Waals surface area contributed by atoms with Crippen LogP contribution in [0.15, 0.2) is 24.3 Å². The maximum Gasteiger partial charge on any atom is 0.322 e. The number of para-hydroxylation sites is 1. The normalized spacial score (nSPS) is 21.9. The number of hydrogen-bond donors (Lipinski definition) is 0. The molecule has 0 spiro atoms. The molecular formula is C16H20O5. The van der Waals surface area contributed by atoms with E-state index in [1.54, 1.807) is 14.0 Å². The van der Waals surface area contributed by atoms with Gasteiger partial charge in [-0.2, -0.15) is 0 Å². The van der Waals surface area contributed by atoms with Gasteiger partial charge < -0.3 is 14.2 Å². The van der Waals surface area contributed by atoms with Crippen LogP contribution in [-0.2, 0) is 25.5 Å². The molecule has 1 aliphatic heterocycles. The maximum atomic E-state index is 12.4. The second-order valence-corrected chi connectivity index (χ2v) is 5.02. The lowest BCUT2D eigenvalue weighted by Gasteiger charge is -2.33. The molecule has 1 aliphatic rings. The first-order valence-electron chi connectivity index (χ1n) is 7.04. The Balaban J connectivity index is 2.36. The number of carbonyl (C=O) groups is 2. The molecule has 0 aromatic heterocycles. The number of ether oxygens (including phenoxy) is 3. The first kappa shape index (κ1) is 15.5. The zero-order valence-electron chi connectivity index (χ0n) is 12.4. The summed E-state index contributed by atoms with van der Waals surface area (Å²) in [6, 6.07) is 7.35. The fourth-order valence-electron chi connectivity index (χ4n) is 2.57. The standard InChI is InChI=1S/C16H20O5/c1-3-21-15(18)16(11-20-9-8-14(16)17)10-12-6-4-5-7-13(12)19-2/h4-7H,3,8-11H2,1-2H3. The Bertz CT molecular complexity index is 525. The van der Waals surface area contributed by atoms with E-state index in [4.69, 9.17) is 14.2 Å². The van der Waals surface area contributed by atoms with Gasteiger partial charge in [-0.05, 0) is 18.6 Å².